The molecule has 24 heavy (non-hydrogen) atoms. The van der Waals surface area contributed by atoms with E-state index in [0.29, 0.717) is 5.69 Å². The monoisotopic (exact) mass is 329 g/mol. The van der Waals surface area contributed by atoms with Gasteiger partial charge in [-0.05, 0) is 29.8 Å². The summed E-state index contributed by atoms with van der Waals surface area (Å²) in [5, 5.41) is 5.63. The number of halogens is 1. The Labute approximate surface area is 140 Å². The molecule has 0 radical (unpaired) electrons. The number of hydrogen-bond acceptors (Lipinski definition) is 3. The highest BCUT2D eigenvalue weighted by Gasteiger charge is 2.10. The molecule has 5 nitrogen and oxygen atoms in total. The molecule has 0 aromatic heterocycles. The number of likely N-dealkylation sites (N-methyl/N-ethyl adjacent to an activating group) is 1. The van der Waals surface area contributed by atoms with Gasteiger partial charge in [-0.15, -0.1) is 0 Å². The van der Waals surface area contributed by atoms with Gasteiger partial charge in [-0.3, -0.25) is 9.59 Å². The summed E-state index contributed by atoms with van der Waals surface area (Å²) in [4.78, 5) is 25.3. The van der Waals surface area contributed by atoms with Crippen molar-refractivity contribution in [1.29, 1.82) is 0 Å². The second-order valence-corrected chi connectivity index (χ2v) is 5.53. The van der Waals surface area contributed by atoms with Gasteiger partial charge in [-0.25, -0.2) is 4.39 Å². The first kappa shape index (κ1) is 17.5. The van der Waals surface area contributed by atoms with Crippen molar-refractivity contribution < 1.29 is 14.0 Å². The van der Waals surface area contributed by atoms with Crippen LogP contribution in [-0.2, 0) is 16.0 Å². The van der Waals surface area contributed by atoms with Gasteiger partial charge in [0.25, 0.3) is 0 Å². The van der Waals surface area contributed by atoms with Crippen LogP contribution in [0.25, 0.3) is 0 Å². The number of benzene rings is 2. The maximum atomic E-state index is 13.1. The first-order valence-corrected chi connectivity index (χ1v) is 7.53. The summed E-state index contributed by atoms with van der Waals surface area (Å²) in [6.45, 7) is 0.0175. The number of anilines is 2. The summed E-state index contributed by atoms with van der Waals surface area (Å²) in [6, 6.07) is 13.0. The second-order valence-electron chi connectivity index (χ2n) is 5.53. The minimum Gasteiger partial charge on any atom is -0.376 e. The zero-order chi connectivity index (χ0) is 17.5. The van der Waals surface area contributed by atoms with E-state index in [4.69, 9.17) is 0 Å². The summed E-state index contributed by atoms with van der Waals surface area (Å²) in [5.41, 5.74) is 1.94. The number of carbonyl (C=O) groups is 2. The molecule has 0 fully saturated rings. The fourth-order valence-electron chi connectivity index (χ4n) is 2.11. The van der Waals surface area contributed by atoms with Crippen molar-refractivity contribution >= 4 is 23.2 Å². The summed E-state index contributed by atoms with van der Waals surface area (Å²) in [5.74, 6) is -0.726. The second kappa shape index (κ2) is 8.10. The highest BCUT2D eigenvalue weighted by molar-refractivity contribution is 5.94. The SMILES string of the molecule is CN(C)C(=O)Cc1ccccc1NCC(=O)Nc1cccc(F)c1. The van der Waals surface area contributed by atoms with Crippen molar-refractivity contribution in [2.45, 2.75) is 6.42 Å². The van der Waals surface area contributed by atoms with E-state index in [0.717, 1.165) is 11.3 Å². The highest BCUT2D eigenvalue weighted by Crippen LogP contribution is 2.16. The molecule has 0 heterocycles. The van der Waals surface area contributed by atoms with Crippen molar-refractivity contribution in [3.63, 3.8) is 0 Å². The quantitative estimate of drug-likeness (QED) is 0.856. The molecule has 2 amide bonds. The topological polar surface area (TPSA) is 61.4 Å². The number of nitrogens with zero attached hydrogens (tertiary/aromatic N) is 1. The van der Waals surface area contributed by atoms with Crippen LogP contribution in [0.1, 0.15) is 5.56 Å². The van der Waals surface area contributed by atoms with Crippen LogP contribution in [0.2, 0.25) is 0 Å². The van der Waals surface area contributed by atoms with E-state index < -0.39 is 5.82 Å². The van der Waals surface area contributed by atoms with Crippen LogP contribution < -0.4 is 10.6 Å². The average Bonchev–Trinajstić information content (AvgIpc) is 2.54. The zero-order valence-electron chi connectivity index (χ0n) is 13.7. The molecule has 2 aromatic carbocycles. The van der Waals surface area contributed by atoms with E-state index in [2.05, 4.69) is 10.6 Å². The molecule has 2 rings (SSSR count). The van der Waals surface area contributed by atoms with E-state index in [1.165, 1.54) is 23.1 Å². The van der Waals surface area contributed by atoms with Crippen molar-refractivity contribution in [2.75, 3.05) is 31.3 Å². The molecule has 126 valence electrons. The Kier molecular flexibility index (Phi) is 5.89. The summed E-state index contributed by atoms with van der Waals surface area (Å²) in [7, 11) is 3.40. The molecule has 0 unspecified atom stereocenters. The maximum Gasteiger partial charge on any atom is 0.243 e. The van der Waals surface area contributed by atoms with Gasteiger partial charge in [0.05, 0.1) is 13.0 Å². The molecule has 0 atom stereocenters. The van der Waals surface area contributed by atoms with Gasteiger partial charge in [0.2, 0.25) is 11.8 Å². The van der Waals surface area contributed by atoms with Crippen LogP contribution in [-0.4, -0.2) is 37.4 Å². The summed E-state index contributed by atoms with van der Waals surface area (Å²) in [6.07, 6.45) is 0.252. The Morgan fingerprint density at radius 3 is 2.54 bits per heavy atom. The molecular weight excluding hydrogens is 309 g/mol. The largest absolute Gasteiger partial charge is 0.376 e. The Hall–Kier alpha value is -2.89. The minimum absolute atomic E-state index is 0.0175. The number of para-hydroxylation sites is 1. The summed E-state index contributed by atoms with van der Waals surface area (Å²) >= 11 is 0. The van der Waals surface area contributed by atoms with Crippen LogP contribution in [0.5, 0.6) is 0 Å². The lowest BCUT2D eigenvalue weighted by molar-refractivity contribution is -0.127. The molecule has 0 aliphatic heterocycles. The molecule has 0 spiro atoms. The lowest BCUT2D eigenvalue weighted by Crippen LogP contribution is -2.25. The number of rotatable bonds is 6. The van der Waals surface area contributed by atoms with Gasteiger partial charge in [0.15, 0.2) is 0 Å². The van der Waals surface area contributed by atoms with E-state index >= 15 is 0 Å². The lowest BCUT2D eigenvalue weighted by atomic mass is 10.1. The van der Waals surface area contributed by atoms with Crippen LogP contribution >= 0.6 is 0 Å². The predicted octanol–water partition coefficient (Wildman–Crippen LogP) is 2.51. The Morgan fingerprint density at radius 2 is 1.83 bits per heavy atom. The van der Waals surface area contributed by atoms with Crippen molar-refractivity contribution in [3.8, 4) is 0 Å². The smallest absolute Gasteiger partial charge is 0.243 e. The fraction of sp³-hybridized carbons (Fsp3) is 0.222. The fourth-order valence-corrected chi connectivity index (χ4v) is 2.11. The van der Waals surface area contributed by atoms with Gasteiger partial charge in [0, 0.05) is 25.5 Å². The molecule has 2 aromatic rings. The van der Waals surface area contributed by atoms with Gasteiger partial charge in [0.1, 0.15) is 5.82 Å². The van der Waals surface area contributed by atoms with E-state index in [9.17, 15) is 14.0 Å². The molecule has 0 saturated heterocycles. The highest BCUT2D eigenvalue weighted by atomic mass is 19.1. The normalized spacial score (nSPS) is 10.1. The third kappa shape index (κ3) is 5.08. The van der Waals surface area contributed by atoms with Crippen LogP contribution in [0, 0.1) is 5.82 Å². The number of nitrogens with one attached hydrogen (secondary N) is 2. The number of amides is 2. The van der Waals surface area contributed by atoms with Crippen molar-refractivity contribution in [1.82, 2.24) is 4.90 Å². The number of carbonyl (C=O) groups excluding carboxylic acids is 2. The van der Waals surface area contributed by atoms with Gasteiger partial charge >= 0.3 is 0 Å². The lowest BCUT2D eigenvalue weighted by Gasteiger charge is -2.14. The standard InChI is InChI=1S/C18H20FN3O2/c1-22(2)18(24)10-13-6-3-4-9-16(13)20-12-17(23)21-15-8-5-7-14(19)11-15/h3-9,11,20H,10,12H2,1-2H3,(H,21,23). The first-order chi connectivity index (χ1) is 11.5. The number of hydrogen-bond donors (Lipinski definition) is 2. The third-order valence-electron chi connectivity index (χ3n) is 3.41. The molecule has 0 bridgehead atoms. The summed E-state index contributed by atoms with van der Waals surface area (Å²) < 4.78 is 13.1. The van der Waals surface area contributed by atoms with Gasteiger partial charge in [-0.2, -0.15) is 0 Å². The van der Waals surface area contributed by atoms with Crippen LogP contribution in [0.3, 0.4) is 0 Å². The molecule has 2 N–H and O–H groups in total. The van der Waals surface area contributed by atoms with Crippen molar-refractivity contribution in [3.05, 3.63) is 59.9 Å². The van der Waals surface area contributed by atoms with Crippen LogP contribution in [0.4, 0.5) is 15.8 Å². The molecular formula is C18H20FN3O2. The molecule has 0 aliphatic carbocycles. The first-order valence-electron chi connectivity index (χ1n) is 7.53. The average molecular weight is 329 g/mol. The Morgan fingerprint density at radius 1 is 1.08 bits per heavy atom. The Balaban J connectivity index is 1.96. The van der Waals surface area contributed by atoms with E-state index in [-0.39, 0.29) is 24.8 Å². The molecule has 6 heteroatoms. The predicted molar refractivity (Wildman–Crippen MR) is 92.4 cm³/mol. The van der Waals surface area contributed by atoms with E-state index in [1.54, 1.807) is 20.2 Å². The Bertz CT molecular complexity index is 732. The maximum absolute atomic E-state index is 13.1. The molecule has 0 aliphatic rings. The van der Waals surface area contributed by atoms with E-state index in [1.807, 2.05) is 24.3 Å². The molecule has 0 saturated carbocycles. The third-order valence-corrected chi connectivity index (χ3v) is 3.41. The van der Waals surface area contributed by atoms with Gasteiger partial charge < -0.3 is 15.5 Å². The van der Waals surface area contributed by atoms with Gasteiger partial charge in [-0.1, -0.05) is 24.3 Å². The van der Waals surface area contributed by atoms with Crippen molar-refractivity contribution in [2.24, 2.45) is 0 Å². The minimum atomic E-state index is -0.409. The zero-order valence-corrected chi connectivity index (χ0v) is 13.7. The van der Waals surface area contributed by atoms with Crippen LogP contribution in [0.15, 0.2) is 48.5 Å².